The van der Waals surface area contributed by atoms with Crippen molar-refractivity contribution in [1.82, 2.24) is 0 Å². The molecule has 0 unspecified atom stereocenters. The van der Waals surface area contributed by atoms with Gasteiger partial charge < -0.3 is 9.47 Å². The van der Waals surface area contributed by atoms with Gasteiger partial charge in [0.15, 0.2) is 11.6 Å². The van der Waals surface area contributed by atoms with E-state index in [-0.39, 0.29) is 11.2 Å². The number of ether oxygens (including phenoxy) is 2. The van der Waals surface area contributed by atoms with Crippen molar-refractivity contribution in [3.05, 3.63) is 59.9 Å². The average molecular weight is 323 g/mol. The molecule has 0 radical (unpaired) electrons. The van der Waals surface area contributed by atoms with Gasteiger partial charge in [-0.3, -0.25) is 0 Å². The highest BCUT2D eigenvalue weighted by molar-refractivity contribution is 6.18. The van der Waals surface area contributed by atoms with Crippen LogP contribution in [-0.4, -0.2) is 12.5 Å². The van der Waals surface area contributed by atoms with Crippen molar-refractivity contribution in [2.75, 3.05) is 12.5 Å². The van der Waals surface area contributed by atoms with E-state index >= 15 is 0 Å². The predicted molar refractivity (Wildman–Crippen MR) is 87.1 cm³/mol. The molecule has 2 nitrogen and oxygen atoms in total. The number of benzene rings is 2. The van der Waals surface area contributed by atoms with Crippen molar-refractivity contribution in [3.8, 4) is 11.5 Å². The molecule has 2 aromatic carbocycles. The Morgan fingerprint density at radius 2 is 1.82 bits per heavy atom. The molecule has 0 atom stereocenters. The molecule has 22 heavy (non-hydrogen) atoms. The van der Waals surface area contributed by atoms with Crippen molar-refractivity contribution >= 4 is 11.6 Å². The van der Waals surface area contributed by atoms with Gasteiger partial charge in [-0.25, -0.2) is 4.39 Å². The maximum atomic E-state index is 13.8. The van der Waals surface area contributed by atoms with Crippen LogP contribution in [-0.2, 0) is 11.3 Å². The summed E-state index contributed by atoms with van der Waals surface area (Å²) in [5.41, 5.74) is 0.781. The number of rotatable bonds is 7. The van der Waals surface area contributed by atoms with Gasteiger partial charge in [0, 0.05) is 11.3 Å². The number of para-hydroxylation sites is 1. The van der Waals surface area contributed by atoms with Gasteiger partial charge in [0.05, 0.1) is 13.2 Å². The van der Waals surface area contributed by atoms with Gasteiger partial charge >= 0.3 is 0 Å². The topological polar surface area (TPSA) is 18.5 Å². The molecule has 0 heterocycles. The molecule has 0 aliphatic carbocycles. The minimum Gasteiger partial charge on any atom is -0.454 e. The highest BCUT2D eigenvalue weighted by Crippen LogP contribution is 2.26. The first kappa shape index (κ1) is 16.8. The Kier molecular flexibility index (Phi) is 5.81. The average Bonchev–Trinajstić information content (AvgIpc) is 2.51. The quantitative estimate of drug-likeness (QED) is 0.635. The van der Waals surface area contributed by atoms with Crippen LogP contribution in [0.2, 0.25) is 0 Å². The number of hydrogen-bond donors (Lipinski definition) is 0. The van der Waals surface area contributed by atoms with Crippen molar-refractivity contribution in [3.63, 3.8) is 0 Å². The largest absolute Gasteiger partial charge is 0.454 e. The predicted octanol–water partition coefficient (Wildman–Crippen LogP) is 5.40. The van der Waals surface area contributed by atoms with Gasteiger partial charge in [0.25, 0.3) is 0 Å². The monoisotopic (exact) mass is 322 g/mol. The molecule has 2 aromatic rings. The Bertz CT molecular complexity index is 599. The fourth-order valence-corrected chi connectivity index (χ4v) is 1.89. The summed E-state index contributed by atoms with van der Waals surface area (Å²) in [5.74, 6) is 0.930. The zero-order chi connectivity index (χ0) is 16.0. The molecule has 0 aromatic heterocycles. The normalized spacial score (nSPS) is 11.5. The standard InChI is InChI=1S/C18H20ClFO2/c1-18(2,12-19)13-21-11-14-8-9-16(20)17(10-14)22-15-6-4-3-5-7-15/h3-10H,11-13H2,1-2H3. The van der Waals surface area contributed by atoms with E-state index < -0.39 is 5.82 Å². The molecule has 0 spiro atoms. The molecule has 0 saturated carbocycles. The fraction of sp³-hybridized carbons (Fsp3) is 0.333. The molecule has 0 fully saturated rings. The third-order valence-corrected chi connectivity index (χ3v) is 3.81. The van der Waals surface area contributed by atoms with Crippen molar-refractivity contribution in [2.24, 2.45) is 5.41 Å². The third kappa shape index (κ3) is 5.00. The zero-order valence-corrected chi connectivity index (χ0v) is 13.6. The molecule has 0 aliphatic heterocycles. The number of alkyl halides is 1. The van der Waals surface area contributed by atoms with E-state index in [0.717, 1.165) is 5.56 Å². The van der Waals surface area contributed by atoms with Crippen LogP contribution in [0.3, 0.4) is 0 Å². The number of hydrogen-bond acceptors (Lipinski definition) is 2. The van der Waals surface area contributed by atoms with E-state index in [4.69, 9.17) is 21.1 Å². The van der Waals surface area contributed by atoms with Crippen LogP contribution in [0.15, 0.2) is 48.5 Å². The summed E-state index contributed by atoms with van der Waals surface area (Å²) in [5, 5.41) is 0. The second kappa shape index (κ2) is 7.61. The molecule has 0 N–H and O–H groups in total. The van der Waals surface area contributed by atoms with E-state index in [9.17, 15) is 4.39 Å². The van der Waals surface area contributed by atoms with Gasteiger partial charge in [-0.15, -0.1) is 11.6 Å². The van der Waals surface area contributed by atoms with E-state index in [1.807, 2.05) is 32.0 Å². The van der Waals surface area contributed by atoms with Crippen molar-refractivity contribution < 1.29 is 13.9 Å². The summed E-state index contributed by atoms with van der Waals surface area (Å²) in [6, 6.07) is 13.9. The smallest absolute Gasteiger partial charge is 0.165 e. The van der Waals surface area contributed by atoms with Crippen molar-refractivity contribution in [2.45, 2.75) is 20.5 Å². The van der Waals surface area contributed by atoms with E-state index in [1.165, 1.54) is 6.07 Å². The maximum absolute atomic E-state index is 13.8. The first-order chi connectivity index (χ1) is 10.5. The Labute approximate surface area is 135 Å². The SMILES string of the molecule is CC(C)(CCl)COCc1ccc(F)c(Oc2ccccc2)c1. The maximum Gasteiger partial charge on any atom is 0.165 e. The van der Waals surface area contributed by atoms with Gasteiger partial charge in [-0.2, -0.15) is 0 Å². The summed E-state index contributed by atoms with van der Waals surface area (Å²) in [7, 11) is 0. The molecule has 118 valence electrons. The van der Waals surface area contributed by atoms with Gasteiger partial charge in [0.2, 0.25) is 0 Å². The lowest BCUT2D eigenvalue weighted by atomic mass is 9.98. The van der Waals surface area contributed by atoms with Gasteiger partial charge in [0.1, 0.15) is 5.75 Å². The fourth-order valence-electron chi connectivity index (χ4n) is 1.82. The minimum absolute atomic E-state index is 0.0784. The highest BCUT2D eigenvalue weighted by Gasteiger charge is 2.16. The summed E-state index contributed by atoms with van der Waals surface area (Å²) >= 11 is 5.86. The summed E-state index contributed by atoms with van der Waals surface area (Å²) in [4.78, 5) is 0. The Morgan fingerprint density at radius 1 is 1.09 bits per heavy atom. The van der Waals surface area contributed by atoms with Crippen molar-refractivity contribution in [1.29, 1.82) is 0 Å². The highest BCUT2D eigenvalue weighted by atomic mass is 35.5. The second-order valence-corrected chi connectivity index (χ2v) is 6.24. The molecular formula is C18H20ClFO2. The van der Waals surface area contributed by atoms with E-state index in [0.29, 0.717) is 24.8 Å². The lowest BCUT2D eigenvalue weighted by Crippen LogP contribution is -2.20. The molecule has 4 heteroatoms. The Hall–Kier alpha value is -1.58. The second-order valence-electron chi connectivity index (χ2n) is 5.97. The lowest BCUT2D eigenvalue weighted by Gasteiger charge is -2.21. The molecule has 0 amide bonds. The minimum atomic E-state index is -0.395. The van der Waals surface area contributed by atoms with E-state index in [2.05, 4.69) is 0 Å². The number of halogens is 2. The molecule has 0 saturated heterocycles. The third-order valence-electron chi connectivity index (χ3n) is 3.09. The lowest BCUT2D eigenvalue weighted by molar-refractivity contribution is 0.0613. The first-order valence-electron chi connectivity index (χ1n) is 7.15. The van der Waals surface area contributed by atoms with Crippen LogP contribution in [0.25, 0.3) is 0 Å². The summed E-state index contributed by atoms with van der Waals surface area (Å²) in [6.07, 6.45) is 0. The molecule has 2 rings (SSSR count). The first-order valence-corrected chi connectivity index (χ1v) is 7.69. The molecule has 0 aliphatic rings. The van der Waals surface area contributed by atoms with Gasteiger partial charge in [-0.1, -0.05) is 38.1 Å². The molecule has 0 bridgehead atoms. The van der Waals surface area contributed by atoms with Crippen LogP contribution in [0.1, 0.15) is 19.4 Å². The van der Waals surface area contributed by atoms with Gasteiger partial charge in [-0.05, 0) is 29.8 Å². The summed E-state index contributed by atoms with van der Waals surface area (Å²) < 4.78 is 25.1. The Balaban J connectivity index is 2.01. The Morgan fingerprint density at radius 3 is 2.50 bits per heavy atom. The van der Waals surface area contributed by atoms with Crippen LogP contribution < -0.4 is 4.74 Å². The zero-order valence-electron chi connectivity index (χ0n) is 12.8. The summed E-state index contributed by atoms with van der Waals surface area (Å²) in [6.45, 7) is 5.01. The van der Waals surface area contributed by atoms with E-state index in [1.54, 1.807) is 24.3 Å². The van der Waals surface area contributed by atoms with Crippen LogP contribution in [0.4, 0.5) is 4.39 Å². The van der Waals surface area contributed by atoms with Crippen LogP contribution >= 0.6 is 11.6 Å². The van der Waals surface area contributed by atoms with Crippen LogP contribution in [0, 0.1) is 11.2 Å². The molecular weight excluding hydrogens is 303 g/mol. The van der Waals surface area contributed by atoms with Crippen LogP contribution in [0.5, 0.6) is 11.5 Å².